The van der Waals surface area contributed by atoms with Crippen molar-refractivity contribution in [1.29, 1.82) is 0 Å². The van der Waals surface area contributed by atoms with Gasteiger partial charge in [-0.3, -0.25) is 0 Å². The van der Waals surface area contributed by atoms with Crippen LogP contribution in [-0.4, -0.2) is 13.7 Å². The summed E-state index contributed by atoms with van der Waals surface area (Å²) < 4.78 is 7.17. The lowest BCUT2D eigenvalue weighted by atomic mass is 9.95. The minimum atomic E-state index is 1.07. The van der Waals surface area contributed by atoms with Crippen LogP contribution in [0.3, 0.4) is 0 Å². The average molecular weight is 1170 g/mol. The second-order valence-electron chi connectivity index (χ2n) is 24.0. The van der Waals surface area contributed by atoms with Gasteiger partial charge in [0.15, 0.2) is 0 Å². The van der Waals surface area contributed by atoms with Crippen molar-refractivity contribution in [2.75, 3.05) is 4.90 Å². The molecule has 0 unspecified atom stereocenters. The number of nitrogens with zero attached hydrogens (tertiary/aromatic N) is 4. The number of hydrogen-bond donors (Lipinski definition) is 0. The topological polar surface area (TPSA) is 18.0 Å². The first-order valence-corrected chi connectivity index (χ1v) is 31.6. The number of anilines is 3. The van der Waals surface area contributed by atoms with Crippen LogP contribution < -0.4 is 4.90 Å². The van der Waals surface area contributed by atoms with Gasteiger partial charge in [-0.15, -0.1) is 0 Å². The van der Waals surface area contributed by atoms with Gasteiger partial charge in [-0.25, -0.2) is 0 Å². The summed E-state index contributed by atoms with van der Waals surface area (Å²) in [5.41, 5.74) is 25.6. The Kier molecular flexibility index (Phi) is 12.5. The molecule has 4 nitrogen and oxygen atoms in total. The maximum atomic E-state index is 2.43. The molecular weight excluding hydrogens is 1110 g/mol. The Balaban J connectivity index is 0.705. The first kappa shape index (κ1) is 52.8. The van der Waals surface area contributed by atoms with Gasteiger partial charge < -0.3 is 18.6 Å². The van der Waals surface area contributed by atoms with Gasteiger partial charge in [0.05, 0.1) is 38.8 Å². The van der Waals surface area contributed by atoms with Crippen LogP contribution in [0.15, 0.2) is 352 Å². The van der Waals surface area contributed by atoms with Crippen molar-refractivity contribution in [3.63, 3.8) is 0 Å². The normalized spacial score (nSPS) is 11.7. The third kappa shape index (κ3) is 8.83. The summed E-state index contributed by atoms with van der Waals surface area (Å²) in [4.78, 5) is 2.43. The van der Waals surface area contributed by atoms with Crippen molar-refractivity contribution in [3.05, 3.63) is 352 Å². The maximum absolute atomic E-state index is 2.43. The molecule has 0 saturated carbocycles. The minimum absolute atomic E-state index is 1.07. The zero-order chi connectivity index (χ0) is 60.6. The third-order valence-electron chi connectivity index (χ3n) is 18.9. The van der Waals surface area contributed by atoms with Crippen molar-refractivity contribution >= 4 is 93.3 Å². The molecule has 3 aromatic heterocycles. The van der Waals surface area contributed by atoms with Gasteiger partial charge in [0.1, 0.15) is 0 Å². The fourth-order valence-corrected chi connectivity index (χ4v) is 14.5. The van der Waals surface area contributed by atoms with Gasteiger partial charge >= 0.3 is 0 Å². The van der Waals surface area contributed by atoms with Crippen molar-refractivity contribution < 1.29 is 0 Å². The number of benzene rings is 15. The zero-order valence-electron chi connectivity index (χ0n) is 50.3. The number of hydrogen-bond acceptors (Lipinski definition) is 1. The minimum Gasteiger partial charge on any atom is -0.310 e. The van der Waals surface area contributed by atoms with Crippen LogP contribution in [-0.2, 0) is 0 Å². The largest absolute Gasteiger partial charge is 0.310 e. The van der Waals surface area contributed by atoms with Crippen molar-refractivity contribution in [1.82, 2.24) is 13.7 Å². The Morgan fingerprint density at radius 3 is 0.946 bits per heavy atom. The molecular formula is C88H58N4. The molecule has 15 aromatic carbocycles. The molecule has 0 atom stereocenters. The molecule has 0 amide bonds. The molecule has 430 valence electrons. The van der Waals surface area contributed by atoms with Crippen LogP contribution in [0.5, 0.6) is 0 Å². The van der Waals surface area contributed by atoms with Crippen LogP contribution in [0.2, 0.25) is 0 Å². The van der Waals surface area contributed by atoms with E-state index >= 15 is 0 Å². The van der Waals surface area contributed by atoms with Gasteiger partial charge in [0.25, 0.3) is 0 Å². The molecule has 0 N–H and O–H groups in total. The summed E-state index contributed by atoms with van der Waals surface area (Å²) in [7, 11) is 0. The molecule has 0 saturated heterocycles. The molecule has 18 aromatic rings. The van der Waals surface area contributed by atoms with E-state index in [0.717, 1.165) is 61.8 Å². The summed E-state index contributed by atoms with van der Waals surface area (Å²) in [6.45, 7) is 0. The number of aromatic nitrogens is 3. The van der Waals surface area contributed by atoms with E-state index in [4.69, 9.17) is 0 Å². The number of rotatable bonds is 11. The van der Waals surface area contributed by atoms with E-state index < -0.39 is 0 Å². The number of fused-ring (bicyclic) bond motifs is 10. The molecule has 0 aliphatic rings. The van der Waals surface area contributed by atoms with Crippen molar-refractivity contribution in [2.24, 2.45) is 0 Å². The van der Waals surface area contributed by atoms with Gasteiger partial charge in [0.2, 0.25) is 0 Å². The smallest absolute Gasteiger partial charge is 0.0547 e. The van der Waals surface area contributed by atoms with E-state index in [0.29, 0.717) is 0 Å². The predicted octanol–water partition coefficient (Wildman–Crippen LogP) is 23.9. The highest BCUT2D eigenvalue weighted by Crippen LogP contribution is 2.45. The van der Waals surface area contributed by atoms with Crippen molar-refractivity contribution in [3.8, 4) is 72.7 Å². The van der Waals surface area contributed by atoms with Crippen LogP contribution in [0.4, 0.5) is 17.1 Å². The van der Waals surface area contributed by atoms with Crippen LogP contribution >= 0.6 is 0 Å². The average Bonchev–Trinajstić information content (AvgIpc) is 1.53. The summed E-state index contributed by atoms with van der Waals surface area (Å²) in [6.07, 6.45) is 0. The van der Waals surface area contributed by atoms with Crippen molar-refractivity contribution in [2.45, 2.75) is 0 Å². The van der Waals surface area contributed by atoms with E-state index in [1.807, 2.05) is 0 Å². The molecule has 0 fully saturated rings. The van der Waals surface area contributed by atoms with E-state index in [-0.39, 0.29) is 0 Å². The lowest BCUT2D eigenvalue weighted by Crippen LogP contribution is -2.10. The molecule has 0 radical (unpaired) electrons. The first-order chi connectivity index (χ1) is 45.6. The van der Waals surface area contributed by atoms with E-state index in [2.05, 4.69) is 370 Å². The molecule has 4 heteroatoms. The Morgan fingerprint density at radius 1 is 0.174 bits per heavy atom. The quantitative estimate of drug-likeness (QED) is 0.126. The van der Waals surface area contributed by atoms with Gasteiger partial charge in [0, 0.05) is 66.1 Å². The van der Waals surface area contributed by atoms with E-state index in [1.165, 1.54) is 104 Å². The fourth-order valence-electron chi connectivity index (χ4n) is 14.5. The predicted molar refractivity (Wildman–Crippen MR) is 389 cm³/mol. The fraction of sp³-hybridized carbons (Fsp3) is 0. The molecule has 92 heavy (non-hydrogen) atoms. The lowest BCUT2D eigenvalue weighted by molar-refractivity contribution is 1.18. The van der Waals surface area contributed by atoms with E-state index in [9.17, 15) is 0 Å². The Hall–Kier alpha value is -12.2. The Labute approximate surface area is 533 Å². The Bertz CT molecular complexity index is 5820. The highest BCUT2D eigenvalue weighted by atomic mass is 15.1. The van der Waals surface area contributed by atoms with Gasteiger partial charge in [-0.2, -0.15) is 0 Å². The molecule has 0 bridgehead atoms. The molecule has 3 heterocycles. The highest BCUT2D eigenvalue weighted by molar-refractivity contribution is 6.14. The second-order valence-corrected chi connectivity index (χ2v) is 24.0. The molecule has 0 aliphatic carbocycles. The molecule has 18 rings (SSSR count). The standard InChI is InChI=1S/C88H58N4/c1-4-18-68(19-5-1)90-84-31-17-14-28-78(84)81-56-65(46-54-86(81)90)63-36-32-59(33-37-63)61-40-47-71(48-41-61)89(85-55-53-73(74-24-10-11-25-75(74)85)67-45-52-80-77-27-13-16-30-83(77)92(88(80)58-67)70-22-8-3-9-23-70)72-49-42-62(43-50-72)60-34-38-64(39-35-60)66-44-51-79-76-26-12-15-29-82(76)91(87(79)57-66)69-20-6-2-7-21-69/h1-58H. The maximum Gasteiger partial charge on any atom is 0.0547 e. The second kappa shape index (κ2) is 21.8. The molecule has 0 spiro atoms. The SMILES string of the molecule is c1ccc(-n2c3ccccc3c3cc(-c4ccc(-c5ccc(N(c6ccc(-c7ccc(-c8ccc9c%10ccccc%10n(-c%10ccccc%10)c9c8)cc7)cc6)c6ccc(-c7ccc8c9ccccc9n(-c9ccccc9)c8c7)c7ccccc67)cc5)cc4)ccc32)cc1. The molecule has 0 aliphatic heterocycles. The third-order valence-corrected chi connectivity index (χ3v) is 18.9. The zero-order valence-corrected chi connectivity index (χ0v) is 50.3. The Morgan fingerprint density at radius 2 is 0.478 bits per heavy atom. The van der Waals surface area contributed by atoms with E-state index in [1.54, 1.807) is 0 Å². The summed E-state index contributed by atoms with van der Waals surface area (Å²) >= 11 is 0. The monoisotopic (exact) mass is 1170 g/mol. The summed E-state index contributed by atoms with van der Waals surface area (Å²) in [6, 6.07) is 129. The van der Waals surface area contributed by atoms with Crippen LogP contribution in [0.1, 0.15) is 0 Å². The number of para-hydroxylation sites is 6. The van der Waals surface area contributed by atoms with Gasteiger partial charge in [-0.1, -0.05) is 243 Å². The highest BCUT2D eigenvalue weighted by Gasteiger charge is 2.21. The van der Waals surface area contributed by atoms with Crippen LogP contribution in [0.25, 0.3) is 149 Å². The first-order valence-electron chi connectivity index (χ1n) is 31.6. The summed E-state index contributed by atoms with van der Waals surface area (Å²) in [5.74, 6) is 0. The lowest BCUT2D eigenvalue weighted by Gasteiger charge is -2.28. The summed E-state index contributed by atoms with van der Waals surface area (Å²) in [5, 5.41) is 9.84. The van der Waals surface area contributed by atoms with Gasteiger partial charge in [-0.05, 0) is 170 Å². The van der Waals surface area contributed by atoms with Crippen LogP contribution in [0, 0.1) is 0 Å².